The van der Waals surface area contributed by atoms with Gasteiger partial charge in [-0.2, -0.15) is 0 Å². The minimum Gasteiger partial charge on any atom is -0.466 e. The van der Waals surface area contributed by atoms with Gasteiger partial charge in [-0.25, -0.2) is 19.7 Å². The number of carbonyl (C=O) groups is 2. The molecule has 3 aliphatic heterocycles. The third kappa shape index (κ3) is 4.44. The summed E-state index contributed by atoms with van der Waals surface area (Å²) in [5.41, 5.74) is -1.78. The van der Waals surface area contributed by atoms with Crippen LogP contribution < -0.4 is 5.32 Å². The summed E-state index contributed by atoms with van der Waals surface area (Å²) in [4.78, 5) is 37.9. The predicted molar refractivity (Wildman–Crippen MR) is 120 cm³/mol. The van der Waals surface area contributed by atoms with Gasteiger partial charge in [0.05, 0.1) is 19.4 Å². The zero-order valence-electron chi connectivity index (χ0n) is 19.3. The lowest BCUT2D eigenvalue weighted by Gasteiger charge is -2.51. The lowest BCUT2D eigenvalue weighted by molar-refractivity contribution is -0.939. The van der Waals surface area contributed by atoms with E-state index in [0.29, 0.717) is 11.0 Å². The maximum Gasteiger partial charge on any atom is 0.346 e. The molecule has 0 aromatic carbocycles. The van der Waals surface area contributed by atoms with Gasteiger partial charge in [-0.3, -0.25) is 10.1 Å². The SMILES string of the molecule is O=C(C[N+]12CCC(CC1)[C@@H](OC(=O)C(O)(c1ccco1)C1CCCCC1)C2)Nc1ncncn1. The second-order valence-corrected chi connectivity index (χ2v) is 10.00. The molecule has 34 heavy (non-hydrogen) atoms. The van der Waals surface area contributed by atoms with Crippen LogP contribution in [0.15, 0.2) is 35.5 Å². The molecule has 4 fully saturated rings. The zero-order chi connectivity index (χ0) is 23.6. The van der Waals surface area contributed by atoms with Crippen LogP contribution in [0.2, 0.25) is 0 Å². The molecule has 0 spiro atoms. The van der Waals surface area contributed by atoms with Gasteiger partial charge in [-0.15, -0.1) is 0 Å². The highest BCUT2D eigenvalue weighted by molar-refractivity contribution is 5.89. The molecule has 1 amide bonds. The van der Waals surface area contributed by atoms with Gasteiger partial charge in [-0.1, -0.05) is 19.3 Å². The van der Waals surface area contributed by atoms with E-state index in [9.17, 15) is 14.7 Å². The van der Waals surface area contributed by atoms with Crippen LogP contribution in [0.1, 0.15) is 50.7 Å². The molecular weight excluding hydrogens is 438 g/mol. The number of fused-ring (bicyclic) bond motifs is 3. The fourth-order valence-electron chi connectivity index (χ4n) is 6.06. The molecule has 6 rings (SSSR count). The predicted octanol–water partition coefficient (Wildman–Crippen LogP) is 2.02. The first-order chi connectivity index (χ1) is 16.5. The van der Waals surface area contributed by atoms with Gasteiger partial charge in [0.25, 0.3) is 5.91 Å². The molecule has 3 saturated heterocycles. The number of anilines is 1. The van der Waals surface area contributed by atoms with Crippen LogP contribution in [0.4, 0.5) is 5.95 Å². The molecule has 182 valence electrons. The van der Waals surface area contributed by atoms with Crippen LogP contribution in [-0.2, 0) is 19.9 Å². The summed E-state index contributed by atoms with van der Waals surface area (Å²) in [5, 5.41) is 14.4. The molecule has 2 N–H and O–H groups in total. The maximum absolute atomic E-state index is 13.5. The number of rotatable bonds is 7. The minimum atomic E-state index is -1.78. The summed E-state index contributed by atoms with van der Waals surface area (Å²) in [6.45, 7) is 2.53. The van der Waals surface area contributed by atoms with Crippen molar-refractivity contribution < 1.29 is 28.3 Å². The highest BCUT2D eigenvalue weighted by Crippen LogP contribution is 2.42. The normalized spacial score (nSPS) is 28.7. The van der Waals surface area contributed by atoms with Crippen molar-refractivity contribution in [3.05, 3.63) is 36.8 Å². The molecule has 2 bridgehead atoms. The van der Waals surface area contributed by atoms with E-state index in [2.05, 4.69) is 20.3 Å². The van der Waals surface area contributed by atoms with Crippen LogP contribution in [0.5, 0.6) is 0 Å². The summed E-state index contributed by atoms with van der Waals surface area (Å²) in [7, 11) is 0. The molecule has 1 aliphatic carbocycles. The van der Waals surface area contributed by atoms with Crippen molar-refractivity contribution in [2.75, 3.05) is 31.5 Å². The molecule has 0 radical (unpaired) electrons. The van der Waals surface area contributed by atoms with E-state index in [4.69, 9.17) is 9.15 Å². The Morgan fingerprint density at radius 2 is 1.88 bits per heavy atom. The largest absolute Gasteiger partial charge is 0.466 e. The number of amides is 1. The molecule has 5 heterocycles. The van der Waals surface area contributed by atoms with Gasteiger partial charge < -0.3 is 18.7 Å². The van der Waals surface area contributed by atoms with Gasteiger partial charge in [-0.05, 0) is 25.0 Å². The third-order valence-corrected chi connectivity index (χ3v) is 7.93. The van der Waals surface area contributed by atoms with Gasteiger partial charge in [0.2, 0.25) is 11.5 Å². The minimum absolute atomic E-state index is 0.175. The number of aliphatic hydroxyl groups is 1. The van der Waals surface area contributed by atoms with Crippen molar-refractivity contribution in [2.24, 2.45) is 11.8 Å². The molecule has 10 nitrogen and oxygen atoms in total. The molecule has 10 heteroatoms. The Balaban J connectivity index is 1.29. The first-order valence-electron chi connectivity index (χ1n) is 12.2. The topological polar surface area (TPSA) is 127 Å². The number of hydrogen-bond acceptors (Lipinski definition) is 8. The van der Waals surface area contributed by atoms with Crippen LogP contribution in [0, 0.1) is 11.8 Å². The highest BCUT2D eigenvalue weighted by Gasteiger charge is 2.54. The number of furan rings is 1. The Kier molecular flexibility index (Phi) is 6.35. The van der Waals surface area contributed by atoms with Gasteiger partial charge in [0, 0.05) is 24.7 Å². The van der Waals surface area contributed by atoms with E-state index in [1.165, 1.54) is 18.9 Å². The molecule has 2 aromatic heterocycles. The van der Waals surface area contributed by atoms with Crippen molar-refractivity contribution in [1.29, 1.82) is 0 Å². The quantitative estimate of drug-likeness (QED) is 0.465. The monoisotopic (exact) mass is 470 g/mol. The fourth-order valence-corrected chi connectivity index (χ4v) is 6.06. The van der Waals surface area contributed by atoms with Crippen molar-refractivity contribution >= 4 is 17.8 Å². The number of nitrogens with zero attached hydrogens (tertiary/aromatic N) is 4. The lowest BCUT2D eigenvalue weighted by atomic mass is 9.75. The molecule has 1 saturated carbocycles. The number of quaternary nitrogens is 1. The maximum atomic E-state index is 13.5. The third-order valence-electron chi connectivity index (χ3n) is 7.93. The van der Waals surface area contributed by atoms with Crippen LogP contribution >= 0.6 is 0 Å². The first-order valence-corrected chi connectivity index (χ1v) is 12.2. The number of aromatic nitrogens is 3. The number of ether oxygens (including phenoxy) is 1. The summed E-state index contributed by atoms with van der Waals surface area (Å²) in [5.74, 6) is -0.305. The average molecular weight is 471 g/mol. The number of hydrogen-bond donors (Lipinski definition) is 2. The number of nitrogens with one attached hydrogen (secondary N) is 1. The van der Waals surface area contributed by atoms with E-state index in [0.717, 1.165) is 58.0 Å². The molecule has 4 aliphatic rings. The summed E-state index contributed by atoms with van der Waals surface area (Å²) in [6, 6.07) is 3.35. The molecule has 2 aromatic rings. The second-order valence-electron chi connectivity index (χ2n) is 10.00. The van der Waals surface area contributed by atoms with Crippen molar-refractivity contribution in [3.8, 4) is 0 Å². The van der Waals surface area contributed by atoms with E-state index < -0.39 is 11.6 Å². The van der Waals surface area contributed by atoms with Crippen LogP contribution in [0.3, 0.4) is 0 Å². The Labute approximate surface area is 198 Å². The smallest absolute Gasteiger partial charge is 0.346 e. The van der Waals surface area contributed by atoms with Crippen molar-refractivity contribution in [1.82, 2.24) is 15.0 Å². The fraction of sp³-hybridized carbons (Fsp3) is 0.625. The van der Waals surface area contributed by atoms with Crippen LogP contribution in [0.25, 0.3) is 0 Å². The second kappa shape index (κ2) is 9.42. The van der Waals surface area contributed by atoms with Crippen molar-refractivity contribution in [3.63, 3.8) is 0 Å². The number of carbonyl (C=O) groups excluding carboxylic acids is 2. The molecular formula is C24H32N5O5+. The van der Waals surface area contributed by atoms with E-state index in [1.807, 2.05) is 0 Å². The Hall–Kier alpha value is -2.85. The Morgan fingerprint density at radius 1 is 1.15 bits per heavy atom. The Morgan fingerprint density at radius 3 is 2.56 bits per heavy atom. The standard InChI is InChI=1S/C24H31N5O5/c30-21(28-23-26-15-25-16-27-23)14-29-10-8-17(9-11-29)19(13-29)34-22(31)24(32,20-7-4-12-33-20)18-5-2-1-3-6-18/h4,7,12,15-19,32H,1-3,5-6,8-11,13-14H2/p+1/t17?,19-,24?,29?/m0/s1. The number of esters is 1. The van der Waals surface area contributed by atoms with E-state index in [1.54, 1.807) is 12.1 Å². The number of piperidine rings is 3. The summed E-state index contributed by atoms with van der Waals surface area (Å²) >= 11 is 0. The van der Waals surface area contributed by atoms with Gasteiger partial charge in [0.15, 0.2) is 12.6 Å². The Bertz CT molecular complexity index is 986. The highest BCUT2D eigenvalue weighted by atomic mass is 16.6. The average Bonchev–Trinajstić information content (AvgIpc) is 3.40. The lowest BCUT2D eigenvalue weighted by Crippen LogP contribution is -2.66. The van der Waals surface area contributed by atoms with Crippen molar-refractivity contribution in [2.45, 2.75) is 56.7 Å². The summed E-state index contributed by atoms with van der Waals surface area (Å²) in [6.07, 6.45) is 10.1. The molecule has 2 atom stereocenters. The summed E-state index contributed by atoms with van der Waals surface area (Å²) < 4.78 is 12.1. The zero-order valence-corrected chi connectivity index (χ0v) is 19.3. The first kappa shape index (κ1) is 22.9. The van der Waals surface area contributed by atoms with E-state index >= 15 is 0 Å². The van der Waals surface area contributed by atoms with Gasteiger partial charge in [0.1, 0.15) is 25.0 Å². The van der Waals surface area contributed by atoms with Gasteiger partial charge >= 0.3 is 5.97 Å². The van der Waals surface area contributed by atoms with E-state index in [-0.39, 0.29) is 42.1 Å². The van der Waals surface area contributed by atoms with Crippen LogP contribution in [-0.4, -0.2) is 68.7 Å². The molecule has 1 unspecified atom stereocenters.